The van der Waals surface area contributed by atoms with E-state index in [1.807, 2.05) is 0 Å². The van der Waals surface area contributed by atoms with E-state index in [2.05, 4.69) is 10.1 Å². The largest absolute Gasteiger partial charge is 0.469 e. The lowest BCUT2D eigenvalue weighted by atomic mass is 10.0. The third-order valence-electron chi connectivity index (χ3n) is 2.70. The SMILES string of the molecule is COC(=O)CC(Cc1ccc(OS(C)(=O)=O)cc1)NC(C)=O. The molecule has 0 aliphatic heterocycles. The van der Waals surface area contributed by atoms with Gasteiger partial charge in [0.1, 0.15) is 5.75 Å². The molecule has 1 unspecified atom stereocenters. The first-order valence-electron chi connectivity index (χ1n) is 6.52. The highest BCUT2D eigenvalue weighted by Crippen LogP contribution is 2.15. The average molecular weight is 329 g/mol. The molecule has 0 spiro atoms. The van der Waals surface area contributed by atoms with Crippen LogP contribution in [0.4, 0.5) is 0 Å². The highest BCUT2D eigenvalue weighted by molar-refractivity contribution is 7.86. The topological polar surface area (TPSA) is 98.8 Å². The number of esters is 1. The number of hydrogen-bond acceptors (Lipinski definition) is 6. The van der Waals surface area contributed by atoms with Crippen LogP contribution < -0.4 is 9.50 Å². The first kappa shape index (κ1) is 18.0. The maximum atomic E-state index is 11.3. The van der Waals surface area contributed by atoms with E-state index < -0.39 is 22.1 Å². The molecule has 0 fully saturated rings. The molecule has 0 aromatic heterocycles. The second-order valence-corrected chi connectivity index (χ2v) is 6.39. The summed E-state index contributed by atoms with van der Waals surface area (Å²) in [4.78, 5) is 22.5. The van der Waals surface area contributed by atoms with Crippen molar-refractivity contribution in [2.75, 3.05) is 13.4 Å². The summed E-state index contributed by atoms with van der Waals surface area (Å²) in [6.45, 7) is 1.37. The Labute approximate surface area is 129 Å². The smallest absolute Gasteiger partial charge is 0.307 e. The van der Waals surface area contributed by atoms with Gasteiger partial charge in [0, 0.05) is 13.0 Å². The predicted octanol–water partition coefficient (Wildman–Crippen LogP) is 0.635. The van der Waals surface area contributed by atoms with Crippen molar-refractivity contribution in [2.45, 2.75) is 25.8 Å². The third-order valence-corrected chi connectivity index (χ3v) is 3.20. The molecule has 1 amide bonds. The van der Waals surface area contributed by atoms with Gasteiger partial charge in [0.25, 0.3) is 0 Å². The minimum Gasteiger partial charge on any atom is -0.469 e. The Kier molecular flexibility index (Phi) is 6.36. The molecule has 22 heavy (non-hydrogen) atoms. The van der Waals surface area contributed by atoms with Gasteiger partial charge in [-0.1, -0.05) is 12.1 Å². The van der Waals surface area contributed by atoms with Crippen molar-refractivity contribution in [3.63, 3.8) is 0 Å². The molecule has 0 saturated carbocycles. The van der Waals surface area contributed by atoms with Crippen LogP contribution in [0.1, 0.15) is 18.9 Å². The Hall–Kier alpha value is -2.09. The van der Waals surface area contributed by atoms with E-state index in [0.717, 1.165) is 11.8 Å². The van der Waals surface area contributed by atoms with Crippen LogP contribution in [0.3, 0.4) is 0 Å². The van der Waals surface area contributed by atoms with E-state index in [4.69, 9.17) is 4.18 Å². The number of methoxy groups -OCH3 is 1. The number of rotatable bonds is 7. The van der Waals surface area contributed by atoms with Crippen molar-refractivity contribution < 1.29 is 26.9 Å². The second-order valence-electron chi connectivity index (χ2n) is 4.81. The Morgan fingerprint density at radius 1 is 1.23 bits per heavy atom. The fourth-order valence-electron chi connectivity index (χ4n) is 1.89. The number of nitrogens with one attached hydrogen (secondary N) is 1. The molecule has 8 heteroatoms. The van der Waals surface area contributed by atoms with Crippen LogP contribution in [0.5, 0.6) is 5.75 Å². The van der Waals surface area contributed by atoms with Crippen molar-refractivity contribution in [3.05, 3.63) is 29.8 Å². The molecule has 0 bridgehead atoms. The monoisotopic (exact) mass is 329 g/mol. The van der Waals surface area contributed by atoms with E-state index in [-0.39, 0.29) is 18.1 Å². The summed E-state index contributed by atoms with van der Waals surface area (Å²) in [6, 6.07) is 5.98. The van der Waals surface area contributed by atoms with Crippen LogP contribution in [0.15, 0.2) is 24.3 Å². The summed E-state index contributed by atoms with van der Waals surface area (Å²) in [7, 11) is -2.28. The van der Waals surface area contributed by atoms with Gasteiger partial charge < -0.3 is 14.2 Å². The Morgan fingerprint density at radius 2 is 1.82 bits per heavy atom. The highest BCUT2D eigenvalue weighted by atomic mass is 32.2. The Bertz CT molecular complexity index is 623. The number of carbonyl (C=O) groups is 2. The van der Waals surface area contributed by atoms with Gasteiger partial charge >= 0.3 is 16.1 Å². The van der Waals surface area contributed by atoms with E-state index in [0.29, 0.717) is 6.42 Å². The molecule has 0 aliphatic carbocycles. The van der Waals surface area contributed by atoms with Crippen LogP contribution in [0, 0.1) is 0 Å². The molecular formula is C14H19NO6S. The quantitative estimate of drug-likeness (QED) is 0.582. The average Bonchev–Trinajstić information content (AvgIpc) is 2.38. The molecule has 0 saturated heterocycles. The summed E-state index contributed by atoms with van der Waals surface area (Å²) in [6.07, 6.45) is 1.43. The van der Waals surface area contributed by atoms with E-state index in [1.54, 1.807) is 12.1 Å². The first-order chi connectivity index (χ1) is 10.2. The lowest BCUT2D eigenvalue weighted by molar-refractivity contribution is -0.141. The van der Waals surface area contributed by atoms with Crippen LogP contribution in [0.2, 0.25) is 0 Å². The van der Waals surface area contributed by atoms with Crippen molar-refractivity contribution in [2.24, 2.45) is 0 Å². The Morgan fingerprint density at radius 3 is 2.27 bits per heavy atom. The fraction of sp³-hybridized carbons (Fsp3) is 0.429. The van der Waals surface area contributed by atoms with Gasteiger partial charge in [-0.3, -0.25) is 9.59 Å². The maximum absolute atomic E-state index is 11.3. The second kappa shape index (κ2) is 7.79. The lowest BCUT2D eigenvalue weighted by Crippen LogP contribution is -2.36. The molecule has 122 valence electrons. The normalized spacial score (nSPS) is 12.3. The molecule has 1 aromatic carbocycles. The summed E-state index contributed by atoms with van der Waals surface area (Å²) in [5.74, 6) is -0.461. The van der Waals surface area contributed by atoms with Crippen LogP contribution in [-0.2, 0) is 30.9 Å². The summed E-state index contributed by atoms with van der Waals surface area (Å²) in [5, 5.41) is 2.68. The number of hydrogen-bond donors (Lipinski definition) is 1. The van der Waals surface area contributed by atoms with Crippen molar-refractivity contribution in [1.82, 2.24) is 5.32 Å². The van der Waals surface area contributed by atoms with Gasteiger partial charge in [-0.05, 0) is 24.1 Å². The van der Waals surface area contributed by atoms with Gasteiger partial charge in [-0.2, -0.15) is 8.42 Å². The summed E-state index contributed by atoms with van der Waals surface area (Å²) < 4.78 is 31.4. The molecular weight excluding hydrogens is 310 g/mol. The number of amides is 1. The first-order valence-corrected chi connectivity index (χ1v) is 8.33. The van der Waals surface area contributed by atoms with Gasteiger partial charge in [0.15, 0.2) is 0 Å². The van der Waals surface area contributed by atoms with E-state index in [1.165, 1.54) is 26.2 Å². The van der Waals surface area contributed by atoms with Crippen LogP contribution >= 0.6 is 0 Å². The molecule has 1 aromatic rings. The van der Waals surface area contributed by atoms with Gasteiger partial charge in [0.05, 0.1) is 19.8 Å². The molecule has 0 heterocycles. The lowest BCUT2D eigenvalue weighted by Gasteiger charge is -2.17. The molecule has 7 nitrogen and oxygen atoms in total. The van der Waals surface area contributed by atoms with Gasteiger partial charge in [-0.25, -0.2) is 0 Å². The maximum Gasteiger partial charge on any atom is 0.307 e. The molecule has 0 aliphatic rings. The summed E-state index contributed by atoms with van der Waals surface area (Å²) in [5.41, 5.74) is 0.823. The molecule has 1 N–H and O–H groups in total. The third kappa shape index (κ3) is 7.07. The number of benzene rings is 1. The number of ether oxygens (including phenoxy) is 1. The Balaban J connectivity index is 2.76. The van der Waals surface area contributed by atoms with Gasteiger partial charge in [-0.15, -0.1) is 0 Å². The number of carbonyl (C=O) groups excluding carboxylic acids is 2. The fourth-order valence-corrected chi connectivity index (χ4v) is 2.35. The van der Waals surface area contributed by atoms with Crippen molar-refractivity contribution >= 4 is 22.0 Å². The van der Waals surface area contributed by atoms with Crippen LogP contribution in [-0.4, -0.2) is 39.7 Å². The van der Waals surface area contributed by atoms with Crippen molar-refractivity contribution in [1.29, 1.82) is 0 Å². The minimum absolute atomic E-state index is 0.0532. The van der Waals surface area contributed by atoms with E-state index in [9.17, 15) is 18.0 Å². The van der Waals surface area contributed by atoms with Crippen LogP contribution in [0.25, 0.3) is 0 Å². The van der Waals surface area contributed by atoms with Crippen molar-refractivity contribution in [3.8, 4) is 5.75 Å². The highest BCUT2D eigenvalue weighted by Gasteiger charge is 2.16. The predicted molar refractivity (Wildman–Crippen MR) is 79.9 cm³/mol. The van der Waals surface area contributed by atoms with Gasteiger partial charge in [0.2, 0.25) is 5.91 Å². The zero-order valence-electron chi connectivity index (χ0n) is 12.7. The molecule has 0 radical (unpaired) electrons. The summed E-state index contributed by atoms with van der Waals surface area (Å²) >= 11 is 0. The standard InChI is InChI=1S/C14H19NO6S/c1-10(16)15-12(9-14(17)20-2)8-11-4-6-13(7-5-11)21-22(3,18)19/h4-7,12H,8-9H2,1-3H3,(H,15,16). The van der Waals surface area contributed by atoms with E-state index >= 15 is 0 Å². The molecule has 1 atom stereocenters. The minimum atomic E-state index is -3.57. The zero-order chi connectivity index (χ0) is 16.8. The zero-order valence-corrected chi connectivity index (χ0v) is 13.5. The molecule has 1 rings (SSSR count).